The maximum absolute atomic E-state index is 10.6. The number of rotatable bonds is 5. The molecule has 0 bridgehead atoms. The highest BCUT2D eigenvalue weighted by Crippen LogP contribution is 2.56. The molecule has 5 heteroatoms. The highest BCUT2D eigenvalue weighted by molar-refractivity contribution is 7.13. The second-order valence-electron chi connectivity index (χ2n) is 13.7. The van der Waals surface area contributed by atoms with Gasteiger partial charge in [-0.15, -0.1) is 11.3 Å². The summed E-state index contributed by atoms with van der Waals surface area (Å²) in [6.45, 7) is 6.16. The SMILES string of the molecule is C=C/C(N)=C\c1cn(-c2cccc(C#N)c2-c2ccc3c(c2)C2c4sc5c(c4CCC2N3c2ccccc2)CCC=C5)c2c1C(C)CC=C2. The van der Waals surface area contributed by atoms with Crippen LogP contribution in [0.15, 0.2) is 103 Å². The summed E-state index contributed by atoms with van der Waals surface area (Å²) >= 11 is 2.01. The van der Waals surface area contributed by atoms with Gasteiger partial charge in [0.05, 0.1) is 17.3 Å². The number of anilines is 2. The largest absolute Gasteiger partial charge is 0.399 e. The minimum Gasteiger partial charge on any atom is -0.399 e. The van der Waals surface area contributed by atoms with Crippen molar-refractivity contribution in [3.8, 4) is 22.9 Å². The fraction of sp³-hybridized carbons (Fsp3) is 0.205. The van der Waals surface area contributed by atoms with Crippen LogP contribution in [0, 0.1) is 11.3 Å². The van der Waals surface area contributed by atoms with Gasteiger partial charge in [-0.05, 0) is 132 Å². The summed E-state index contributed by atoms with van der Waals surface area (Å²) < 4.78 is 2.27. The first-order chi connectivity index (χ1) is 24.1. The van der Waals surface area contributed by atoms with E-state index < -0.39 is 0 Å². The number of fused-ring (bicyclic) bond motifs is 8. The molecule has 3 heterocycles. The lowest BCUT2D eigenvalue weighted by atomic mass is 9.79. The Morgan fingerprint density at radius 2 is 1.88 bits per heavy atom. The highest BCUT2D eigenvalue weighted by Gasteiger charge is 2.45. The van der Waals surface area contributed by atoms with Gasteiger partial charge in [-0.2, -0.15) is 5.26 Å². The number of nitrogens with two attached hydrogens (primary N) is 1. The van der Waals surface area contributed by atoms with Gasteiger partial charge in [0.25, 0.3) is 0 Å². The zero-order valence-corrected chi connectivity index (χ0v) is 28.5. The van der Waals surface area contributed by atoms with E-state index in [9.17, 15) is 5.26 Å². The molecule has 1 aliphatic heterocycles. The van der Waals surface area contributed by atoms with Crippen molar-refractivity contribution in [2.45, 2.75) is 56.9 Å². The van der Waals surface area contributed by atoms with Crippen LogP contribution in [-0.4, -0.2) is 10.6 Å². The van der Waals surface area contributed by atoms with Crippen molar-refractivity contribution < 1.29 is 0 Å². The molecule has 4 aliphatic rings. The summed E-state index contributed by atoms with van der Waals surface area (Å²) in [5.41, 5.74) is 21.2. The number of benzene rings is 3. The van der Waals surface area contributed by atoms with Crippen LogP contribution in [0.1, 0.15) is 86.9 Å². The Morgan fingerprint density at radius 1 is 1.00 bits per heavy atom. The van der Waals surface area contributed by atoms with E-state index in [-0.39, 0.29) is 5.92 Å². The first-order valence-corrected chi connectivity index (χ1v) is 18.2. The molecule has 3 aromatic carbocycles. The number of allylic oxidation sites excluding steroid dienone is 3. The first-order valence-electron chi connectivity index (χ1n) is 17.4. The molecule has 0 fully saturated rings. The maximum atomic E-state index is 10.6. The van der Waals surface area contributed by atoms with Crippen LogP contribution in [-0.2, 0) is 12.8 Å². The average molecular weight is 655 g/mol. The van der Waals surface area contributed by atoms with Crippen molar-refractivity contribution in [3.63, 3.8) is 0 Å². The van der Waals surface area contributed by atoms with E-state index in [0.717, 1.165) is 60.2 Å². The molecule has 0 amide bonds. The molecule has 0 saturated heterocycles. The topological polar surface area (TPSA) is 58.0 Å². The third kappa shape index (κ3) is 4.62. The van der Waals surface area contributed by atoms with Crippen LogP contribution >= 0.6 is 11.3 Å². The Labute approximate surface area is 292 Å². The Bertz CT molecular complexity index is 2290. The lowest BCUT2D eigenvalue weighted by Crippen LogP contribution is -2.33. The molecule has 2 aromatic heterocycles. The van der Waals surface area contributed by atoms with Gasteiger partial charge in [-0.1, -0.05) is 56.0 Å². The van der Waals surface area contributed by atoms with E-state index in [0.29, 0.717) is 23.2 Å². The van der Waals surface area contributed by atoms with E-state index in [1.807, 2.05) is 29.5 Å². The van der Waals surface area contributed by atoms with Gasteiger partial charge < -0.3 is 15.2 Å². The van der Waals surface area contributed by atoms with Crippen LogP contribution in [0.4, 0.5) is 11.4 Å². The molecule has 0 spiro atoms. The molecule has 49 heavy (non-hydrogen) atoms. The van der Waals surface area contributed by atoms with Crippen molar-refractivity contribution in [3.05, 3.63) is 152 Å². The summed E-state index contributed by atoms with van der Waals surface area (Å²) in [6.07, 6.45) is 20.6. The Morgan fingerprint density at radius 3 is 2.71 bits per heavy atom. The van der Waals surface area contributed by atoms with Gasteiger partial charge in [-0.25, -0.2) is 0 Å². The Kier molecular flexibility index (Phi) is 7.11. The van der Waals surface area contributed by atoms with Crippen LogP contribution in [0.5, 0.6) is 0 Å². The average Bonchev–Trinajstić information content (AvgIpc) is 3.81. The molecule has 3 atom stereocenters. The van der Waals surface area contributed by atoms with Crippen molar-refractivity contribution in [2.75, 3.05) is 4.90 Å². The molecule has 0 radical (unpaired) electrons. The molecule has 0 saturated carbocycles. The summed E-state index contributed by atoms with van der Waals surface area (Å²) in [6, 6.07) is 26.9. The normalized spacial score (nSPS) is 20.2. The zero-order chi connectivity index (χ0) is 33.2. The second kappa shape index (κ2) is 11.7. The summed E-state index contributed by atoms with van der Waals surface area (Å²) in [5, 5.41) is 10.6. The molecular formula is C44H38N4S. The number of thiophene rings is 1. The Hall–Kier alpha value is -5.31. The van der Waals surface area contributed by atoms with E-state index in [1.54, 1.807) is 17.2 Å². The molecule has 2 N–H and O–H groups in total. The van der Waals surface area contributed by atoms with Gasteiger partial charge in [0, 0.05) is 56.2 Å². The van der Waals surface area contributed by atoms with Crippen molar-refractivity contribution >= 4 is 40.9 Å². The lowest BCUT2D eigenvalue weighted by Gasteiger charge is -2.34. The number of para-hydroxylation sites is 1. The standard InChI is InChI=1S/C44H38N4S/c1-3-31(46)23-30-26-47(37-16-9-11-27(2)41(30)37)38-17-10-12-29(25-45)42(38)28-19-21-36-35(24-28)43-39(48(36)32-13-5-4-6-14-32)22-20-34-33-15-7-8-18-40(33)49-44(34)43/h3-6,8-10,12-14,16-19,21,23-24,26-27,39,43H,1,7,11,15,20,22,46H2,2H3/b31-23+. The smallest absolute Gasteiger partial charge is 0.0998 e. The van der Waals surface area contributed by atoms with Crippen LogP contribution in [0.3, 0.4) is 0 Å². The minimum absolute atomic E-state index is 0.280. The van der Waals surface area contributed by atoms with Crippen LogP contribution < -0.4 is 10.6 Å². The van der Waals surface area contributed by atoms with Crippen molar-refractivity contribution in [2.24, 2.45) is 5.73 Å². The highest BCUT2D eigenvalue weighted by atomic mass is 32.1. The van der Waals surface area contributed by atoms with Gasteiger partial charge in [0.2, 0.25) is 0 Å². The van der Waals surface area contributed by atoms with E-state index in [2.05, 4.69) is 114 Å². The third-order valence-electron chi connectivity index (χ3n) is 11.0. The van der Waals surface area contributed by atoms with Crippen molar-refractivity contribution in [1.82, 2.24) is 4.57 Å². The molecule has 9 rings (SSSR count). The molecule has 4 nitrogen and oxygen atoms in total. The number of nitriles is 1. The van der Waals surface area contributed by atoms with Gasteiger partial charge in [0.1, 0.15) is 0 Å². The summed E-state index contributed by atoms with van der Waals surface area (Å²) in [5.74, 6) is 0.628. The van der Waals surface area contributed by atoms with Gasteiger partial charge in [0.15, 0.2) is 0 Å². The molecular weight excluding hydrogens is 617 g/mol. The zero-order valence-electron chi connectivity index (χ0n) is 27.7. The Balaban J connectivity index is 1.26. The number of hydrogen-bond donors (Lipinski definition) is 1. The number of hydrogen-bond acceptors (Lipinski definition) is 4. The van der Waals surface area contributed by atoms with Crippen molar-refractivity contribution in [1.29, 1.82) is 5.26 Å². The quantitative estimate of drug-likeness (QED) is 0.192. The number of nitrogens with zero attached hydrogens (tertiary/aromatic N) is 3. The fourth-order valence-corrected chi connectivity index (χ4v) is 10.4. The fourth-order valence-electron chi connectivity index (χ4n) is 8.88. The maximum Gasteiger partial charge on any atom is 0.0998 e. The van der Waals surface area contributed by atoms with E-state index in [1.165, 1.54) is 32.3 Å². The van der Waals surface area contributed by atoms with Gasteiger partial charge >= 0.3 is 0 Å². The molecule has 3 aliphatic carbocycles. The van der Waals surface area contributed by atoms with Crippen LogP contribution in [0.25, 0.3) is 35.0 Å². The summed E-state index contributed by atoms with van der Waals surface area (Å²) in [4.78, 5) is 5.58. The van der Waals surface area contributed by atoms with Crippen LogP contribution in [0.2, 0.25) is 0 Å². The first kappa shape index (κ1) is 29.8. The lowest BCUT2D eigenvalue weighted by molar-refractivity contribution is 0.544. The van der Waals surface area contributed by atoms with Gasteiger partial charge in [-0.3, -0.25) is 0 Å². The third-order valence-corrected chi connectivity index (χ3v) is 12.3. The predicted octanol–water partition coefficient (Wildman–Crippen LogP) is 10.6. The monoisotopic (exact) mass is 654 g/mol. The molecule has 5 aromatic rings. The molecule has 240 valence electrons. The predicted molar refractivity (Wildman–Crippen MR) is 205 cm³/mol. The van der Waals surface area contributed by atoms with E-state index >= 15 is 0 Å². The number of aromatic nitrogens is 1. The second-order valence-corrected chi connectivity index (χ2v) is 14.8. The minimum atomic E-state index is 0.280. The van der Waals surface area contributed by atoms with E-state index in [4.69, 9.17) is 5.73 Å². The molecule has 3 unspecified atom stereocenters. The summed E-state index contributed by atoms with van der Waals surface area (Å²) in [7, 11) is 0.